The summed E-state index contributed by atoms with van der Waals surface area (Å²) in [4.78, 5) is 10.3. The number of ether oxygens (including phenoxy) is 2. The zero-order valence-electron chi connectivity index (χ0n) is 26.8. The van der Waals surface area contributed by atoms with Crippen LogP contribution in [0.5, 0.6) is 11.5 Å². The van der Waals surface area contributed by atoms with Crippen molar-refractivity contribution in [2.45, 2.75) is 103 Å². The van der Waals surface area contributed by atoms with Crippen molar-refractivity contribution >= 4 is 7.82 Å². The second-order valence-corrected chi connectivity index (χ2v) is 12.9. The van der Waals surface area contributed by atoms with Gasteiger partial charge in [0, 0.05) is 24.8 Å². The van der Waals surface area contributed by atoms with Gasteiger partial charge in [0.15, 0.2) is 18.9 Å². The highest BCUT2D eigenvalue weighted by molar-refractivity contribution is 7.47. The van der Waals surface area contributed by atoms with Crippen molar-refractivity contribution in [2.24, 2.45) is 0 Å². The molecule has 0 spiro atoms. The highest BCUT2D eigenvalue weighted by atomic mass is 31.2. The van der Waals surface area contributed by atoms with E-state index in [0.717, 1.165) is 17.7 Å². The topological polar surface area (TPSA) is 78.1 Å². The van der Waals surface area contributed by atoms with Crippen molar-refractivity contribution in [3.8, 4) is 11.5 Å². The summed E-state index contributed by atoms with van der Waals surface area (Å²) in [6.45, 7) is 2.91. The number of pyridine rings is 1. The largest absolute Gasteiger partial charge is 0.527 e. The van der Waals surface area contributed by atoms with E-state index in [2.05, 4.69) is 19.1 Å². The number of nitrogens with zero attached hydrogens (tertiary/aromatic N) is 1. The van der Waals surface area contributed by atoms with Gasteiger partial charge in [-0.15, -0.1) is 0 Å². The molecule has 242 valence electrons. The minimum atomic E-state index is -4.36. The molecule has 0 saturated carbocycles. The molecule has 0 fully saturated rings. The summed E-state index contributed by atoms with van der Waals surface area (Å²) in [6.07, 6.45) is 20.7. The molecule has 0 bridgehead atoms. The summed E-state index contributed by atoms with van der Waals surface area (Å²) in [5.74, 6) is 0.987. The molecule has 0 amide bonds. The molecule has 1 heterocycles. The molecule has 0 radical (unpaired) electrons. The minimum Gasteiger partial charge on any atom is -0.491 e. The van der Waals surface area contributed by atoms with Crippen molar-refractivity contribution in [1.82, 2.24) is 0 Å². The van der Waals surface area contributed by atoms with Gasteiger partial charge < -0.3 is 14.0 Å². The van der Waals surface area contributed by atoms with Gasteiger partial charge in [0.1, 0.15) is 24.2 Å². The van der Waals surface area contributed by atoms with Gasteiger partial charge in [-0.1, -0.05) is 108 Å². The lowest BCUT2D eigenvalue weighted by atomic mass is 10.0. The van der Waals surface area contributed by atoms with E-state index in [1.54, 1.807) is 18.2 Å². The zero-order valence-corrected chi connectivity index (χ0v) is 27.7. The lowest BCUT2D eigenvalue weighted by Crippen LogP contribution is -2.32. The maximum atomic E-state index is 12.6. The number of benzene rings is 2. The molecule has 44 heavy (non-hydrogen) atoms. The van der Waals surface area contributed by atoms with Gasteiger partial charge in [0.25, 0.3) is 0 Å². The van der Waals surface area contributed by atoms with Gasteiger partial charge in [-0.05, 0) is 42.7 Å². The van der Waals surface area contributed by atoms with Crippen LogP contribution in [-0.2, 0) is 26.8 Å². The van der Waals surface area contributed by atoms with Crippen molar-refractivity contribution in [1.29, 1.82) is 0 Å². The predicted octanol–water partition coefficient (Wildman–Crippen LogP) is 8.86. The molecular weight excluding hydrogens is 573 g/mol. The van der Waals surface area contributed by atoms with Crippen molar-refractivity contribution in [2.75, 3.05) is 20.3 Å². The molecular formula is C36H53NO6P+. The van der Waals surface area contributed by atoms with E-state index < -0.39 is 13.9 Å². The van der Waals surface area contributed by atoms with Crippen LogP contribution >= 0.6 is 7.82 Å². The summed E-state index contributed by atoms with van der Waals surface area (Å²) < 4.78 is 36.5. The summed E-state index contributed by atoms with van der Waals surface area (Å²) >= 11 is 0. The van der Waals surface area contributed by atoms with E-state index in [-0.39, 0.29) is 19.0 Å². The summed E-state index contributed by atoms with van der Waals surface area (Å²) in [7, 11) is -2.84. The number of hydrogen-bond acceptors (Lipinski definition) is 5. The van der Waals surface area contributed by atoms with Crippen LogP contribution in [0.1, 0.15) is 95.1 Å². The predicted molar refractivity (Wildman–Crippen MR) is 176 cm³/mol. The molecule has 1 N–H and O–H groups in total. The molecule has 8 heteroatoms. The quantitative estimate of drug-likeness (QED) is 0.0608. The van der Waals surface area contributed by atoms with Gasteiger partial charge in [-0.25, -0.2) is 9.13 Å². The fraction of sp³-hybridized carbons (Fsp3) is 0.528. The normalized spacial score (nSPS) is 13.3. The maximum absolute atomic E-state index is 12.6. The van der Waals surface area contributed by atoms with Crippen LogP contribution in [0.15, 0.2) is 79.1 Å². The first-order valence-corrected chi connectivity index (χ1v) is 17.9. The Morgan fingerprint density at radius 3 is 2.00 bits per heavy atom. The second kappa shape index (κ2) is 21.1. The Bertz CT molecular complexity index is 1210. The van der Waals surface area contributed by atoms with Gasteiger partial charge in [0.2, 0.25) is 0 Å². The Labute approximate surface area is 265 Å². The number of phosphoric acid groups is 1. The van der Waals surface area contributed by atoms with Crippen molar-refractivity contribution < 1.29 is 32.5 Å². The average molecular weight is 627 g/mol. The standard InChI is InChI=1S/C36H52NO6P/c1-3-4-5-6-7-8-9-10-11-12-13-15-19-32-22-24-34(25-23-32)41-30-36(40-2)31-42-44(38,39)43-35-21-18-20-33(28-35)29-37-26-16-14-17-27-37/h14,16-18,20-28,36H,3-13,15,19,29-31H2,1-2H3/p+1. The average Bonchev–Trinajstić information content (AvgIpc) is 3.03. The lowest BCUT2D eigenvalue weighted by Gasteiger charge is -2.19. The number of rotatable bonds is 24. The molecule has 2 aromatic carbocycles. The maximum Gasteiger partial charge on any atom is 0.527 e. The van der Waals surface area contributed by atoms with Crippen molar-refractivity contribution in [3.63, 3.8) is 0 Å². The van der Waals surface area contributed by atoms with E-state index in [4.69, 9.17) is 18.5 Å². The minimum absolute atomic E-state index is 0.152. The molecule has 0 aliphatic heterocycles. The van der Waals surface area contributed by atoms with Gasteiger partial charge in [-0.2, -0.15) is 0 Å². The fourth-order valence-electron chi connectivity index (χ4n) is 5.08. The van der Waals surface area contributed by atoms with E-state index >= 15 is 0 Å². The Morgan fingerprint density at radius 1 is 0.727 bits per heavy atom. The highest BCUT2D eigenvalue weighted by Gasteiger charge is 2.26. The Hall–Kier alpha value is -2.70. The molecule has 2 unspecified atom stereocenters. The Balaban J connectivity index is 1.29. The third-order valence-electron chi connectivity index (χ3n) is 7.70. The Morgan fingerprint density at radius 2 is 1.36 bits per heavy atom. The van der Waals surface area contributed by atoms with Crippen LogP contribution < -0.4 is 13.8 Å². The zero-order chi connectivity index (χ0) is 31.3. The smallest absolute Gasteiger partial charge is 0.491 e. The number of hydrogen-bond donors (Lipinski definition) is 1. The molecule has 3 aromatic rings. The molecule has 0 aliphatic carbocycles. The summed E-state index contributed by atoms with van der Waals surface area (Å²) in [5, 5.41) is 0. The monoisotopic (exact) mass is 626 g/mol. The van der Waals surface area contributed by atoms with E-state index in [1.165, 1.54) is 89.7 Å². The number of phosphoric ester groups is 1. The molecule has 2 atom stereocenters. The molecule has 1 aromatic heterocycles. The highest BCUT2D eigenvalue weighted by Crippen LogP contribution is 2.44. The molecule has 3 rings (SSSR count). The summed E-state index contributed by atoms with van der Waals surface area (Å²) in [5.41, 5.74) is 2.24. The van der Waals surface area contributed by atoms with Crippen molar-refractivity contribution in [3.05, 3.63) is 90.3 Å². The fourth-order valence-corrected chi connectivity index (χ4v) is 5.87. The van der Waals surface area contributed by atoms with Crippen LogP contribution in [0.2, 0.25) is 0 Å². The second-order valence-electron chi connectivity index (χ2n) is 11.5. The van der Waals surface area contributed by atoms with E-state index in [9.17, 15) is 9.46 Å². The Kier molecular flexibility index (Phi) is 17.2. The number of aryl methyl sites for hydroxylation is 1. The molecule has 7 nitrogen and oxygen atoms in total. The van der Waals surface area contributed by atoms with Gasteiger partial charge >= 0.3 is 7.82 Å². The molecule has 0 saturated heterocycles. The van der Waals surface area contributed by atoms with E-state index in [0.29, 0.717) is 6.54 Å². The number of unbranched alkanes of at least 4 members (excludes halogenated alkanes) is 11. The first-order chi connectivity index (χ1) is 21.5. The summed E-state index contributed by atoms with van der Waals surface area (Å²) in [6, 6.07) is 21.0. The first kappa shape index (κ1) is 35.8. The van der Waals surface area contributed by atoms with Crippen LogP contribution in [0, 0.1) is 0 Å². The molecule has 0 aliphatic rings. The van der Waals surface area contributed by atoms with Crippen LogP contribution in [0.4, 0.5) is 0 Å². The van der Waals surface area contributed by atoms with Gasteiger partial charge in [0.05, 0.1) is 6.61 Å². The third kappa shape index (κ3) is 15.3. The first-order valence-electron chi connectivity index (χ1n) is 16.4. The number of methoxy groups -OCH3 is 1. The number of aromatic nitrogens is 1. The third-order valence-corrected chi connectivity index (χ3v) is 8.61. The van der Waals surface area contributed by atoms with Gasteiger partial charge in [-0.3, -0.25) is 9.42 Å². The van der Waals surface area contributed by atoms with E-state index in [1.807, 2.05) is 53.4 Å². The van der Waals surface area contributed by atoms with Crippen LogP contribution in [0.3, 0.4) is 0 Å². The SMILES string of the molecule is CCCCCCCCCCCCCCc1ccc(OCC(COP(=O)(O)Oc2cccc(C[n+]3ccccc3)c2)OC)cc1. The van der Waals surface area contributed by atoms with Crippen LogP contribution in [-0.4, -0.2) is 31.3 Å². The lowest BCUT2D eigenvalue weighted by molar-refractivity contribution is -0.688. The van der Waals surface area contributed by atoms with Crippen LogP contribution in [0.25, 0.3) is 0 Å².